The number of hydrogen-bond donors (Lipinski definition) is 1. The molecule has 1 N–H and O–H groups in total. The lowest BCUT2D eigenvalue weighted by molar-refractivity contribution is -0.141. The number of carbonyl (C=O) groups is 2. The van der Waals surface area contributed by atoms with Gasteiger partial charge in [0.25, 0.3) is 0 Å². The van der Waals surface area contributed by atoms with Gasteiger partial charge >= 0.3 is 11.9 Å². The lowest BCUT2D eigenvalue weighted by Crippen LogP contribution is -2.26. The molecule has 5 heteroatoms. The molecule has 28 heavy (non-hydrogen) atoms. The molecular weight excluding hydrogens is 356 g/mol. The largest absolute Gasteiger partial charge is 0.462 e. The second-order valence-corrected chi connectivity index (χ2v) is 8.29. The van der Waals surface area contributed by atoms with Crippen molar-refractivity contribution in [1.29, 1.82) is 0 Å². The van der Waals surface area contributed by atoms with Crippen molar-refractivity contribution in [2.24, 2.45) is 17.8 Å². The third kappa shape index (κ3) is 4.14. The van der Waals surface area contributed by atoms with Crippen molar-refractivity contribution >= 4 is 11.9 Å². The highest BCUT2D eigenvalue weighted by Gasteiger charge is 2.50. The molecule has 2 aliphatic carbocycles. The van der Waals surface area contributed by atoms with Crippen LogP contribution in [0.1, 0.15) is 55.3 Å². The minimum atomic E-state index is -0.483. The third-order valence-electron chi connectivity index (χ3n) is 6.48. The summed E-state index contributed by atoms with van der Waals surface area (Å²) in [6.45, 7) is 0. The van der Waals surface area contributed by atoms with Gasteiger partial charge < -0.3 is 14.6 Å². The van der Waals surface area contributed by atoms with E-state index in [1.807, 2.05) is 18.2 Å². The Balaban J connectivity index is 1.46. The topological polar surface area (TPSA) is 72.8 Å². The summed E-state index contributed by atoms with van der Waals surface area (Å²) >= 11 is 0. The van der Waals surface area contributed by atoms with E-state index in [4.69, 9.17) is 9.47 Å². The van der Waals surface area contributed by atoms with E-state index in [9.17, 15) is 14.7 Å². The molecule has 150 valence electrons. The molecule has 5 atom stereocenters. The Morgan fingerprint density at radius 1 is 1.18 bits per heavy atom. The van der Waals surface area contributed by atoms with Gasteiger partial charge in [0.2, 0.25) is 0 Å². The fourth-order valence-electron chi connectivity index (χ4n) is 4.94. The number of ether oxygens (including phenoxy) is 2. The quantitative estimate of drug-likeness (QED) is 0.620. The molecular formula is C23H28O5. The first-order chi connectivity index (χ1) is 13.6. The molecule has 0 amide bonds. The average molecular weight is 384 g/mol. The van der Waals surface area contributed by atoms with E-state index in [0.29, 0.717) is 24.3 Å². The van der Waals surface area contributed by atoms with Gasteiger partial charge in [-0.15, -0.1) is 0 Å². The van der Waals surface area contributed by atoms with E-state index in [-0.39, 0.29) is 36.0 Å². The minimum Gasteiger partial charge on any atom is -0.462 e. The van der Waals surface area contributed by atoms with E-state index in [1.165, 1.54) is 19.3 Å². The predicted octanol–water partition coefficient (Wildman–Crippen LogP) is 3.66. The highest BCUT2D eigenvalue weighted by molar-refractivity contribution is 5.89. The number of fused-ring (bicyclic) bond motifs is 1. The molecule has 2 saturated carbocycles. The Labute approximate surface area is 165 Å². The van der Waals surface area contributed by atoms with Crippen molar-refractivity contribution in [3.8, 4) is 0 Å². The molecule has 1 heterocycles. The van der Waals surface area contributed by atoms with Gasteiger partial charge in [-0.1, -0.05) is 49.6 Å². The molecule has 1 aromatic rings. The molecule has 5 nitrogen and oxygen atoms in total. The lowest BCUT2D eigenvalue weighted by atomic mass is 9.84. The second kappa shape index (κ2) is 8.48. The monoisotopic (exact) mass is 384 g/mol. The molecule has 4 unspecified atom stereocenters. The average Bonchev–Trinajstić information content (AvgIpc) is 3.23. The van der Waals surface area contributed by atoms with Crippen molar-refractivity contribution in [2.75, 3.05) is 0 Å². The zero-order valence-corrected chi connectivity index (χ0v) is 16.0. The summed E-state index contributed by atoms with van der Waals surface area (Å²) in [6.07, 6.45) is 9.35. The Bertz CT molecular complexity index is 722. The van der Waals surface area contributed by atoms with Crippen molar-refractivity contribution in [1.82, 2.24) is 0 Å². The maximum absolute atomic E-state index is 12.5. The van der Waals surface area contributed by atoms with Crippen molar-refractivity contribution < 1.29 is 24.2 Å². The minimum absolute atomic E-state index is 0.0101. The molecule has 0 radical (unpaired) electrons. The van der Waals surface area contributed by atoms with Crippen LogP contribution in [0, 0.1) is 17.8 Å². The van der Waals surface area contributed by atoms with Crippen LogP contribution in [0.5, 0.6) is 0 Å². The van der Waals surface area contributed by atoms with Crippen LogP contribution >= 0.6 is 0 Å². The van der Waals surface area contributed by atoms with Gasteiger partial charge in [0.15, 0.2) is 0 Å². The molecule has 1 saturated heterocycles. The summed E-state index contributed by atoms with van der Waals surface area (Å²) in [6, 6.07) is 8.93. The number of esters is 2. The third-order valence-corrected chi connectivity index (χ3v) is 6.48. The van der Waals surface area contributed by atoms with Crippen LogP contribution in [-0.4, -0.2) is 35.4 Å². The molecule has 3 fully saturated rings. The number of carbonyl (C=O) groups excluding carboxylic acids is 2. The summed E-state index contributed by atoms with van der Waals surface area (Å²) in [7, 11) is 0. The Morgan fingerprint density at radius 3 is 2.68 bits per heavy atom. The van der Waals surface area contributed by atoms with Crippen molar-refractivity contribution in [2.45, 2.75) is 63.3 Å². The summed E-state index contributed by atoms with van der Waals surface area (Å²) in [5.74, 6) is -0.343. The molecule has 3 aliphatic rings. The number of benzene rings is 1. The number of aliphatic hydroxyl groups is 1. The van der Waals surface area contributed by atoms with Gasteiger partial charge in [0, 0.05) is 18.3 Å². The fraction of sp³-hybridized carbons (Fsp3) is 0.565. The van der Waals surface area contributed by atoms with Crippen LogP contribution < -0.4 is 0 Å². The van der Waals surface area contributed by atoms with E-state index < -0.39 is 6.10 Å². The molecule has 1 aromatic carbocycles. The highest BCUT2D eigenvalue weighted by Crippen LogP contribution is 2.44. The normalized spacial score (nSPS) is 31.5. The van der Waals surface area contributed by atoms with Gasteiger partial charge in [0.05, 0.1) is 18.1 Å². The Kier molecular flexibility index (Phi) is 5.81. The van der Waals surface area contributed by atoms with Crippen LogP contribution in [0.3, 0.4) is 0 Å². The van der Waals surface area contributed by atoms with E-state index >= 15 is 0 Å². The zero-order valence-electron chi connectivity index (χ0n) is 16.0. The molecule has 1 aliphatic heterocycles. The fourth-order valence-corrected chi connectivity index (χ4v) is 4.94. The molecule has 0 aromatic heterocycles. The van der Waals surface area contributed by atoms with Crippen LogP contribution in [0.4, 0.5) is 0 Å². The number of hydrogen-bond acceptors (Lipinski definition) is 5. The highest BCUT2D eigenvalue weighted by atomic mass is 16.6. The first kappa shape index (κ1) is 19.2. The van der Waals surface area contributed by atoms with Gasteiger partial charge in [-0.25, -0.2) is 4.79 Å². The van der Waals surface area contributed by atoms with Crippen LogP contribution in [0.25, 0.3) is 0 Å². The number of aliphatic hydroxyl groups excluding tert-OH is 1. The van der Waals surface area contributed by atoms with E-state index in [1.54, 1.807) is 24.3 Å². The van der Waals surface area contributed by atoms with Crippen LogP contribution in [-0.2, 0) is 14.3 Å². The standard InChI is InChI=1S/C23H28O5/c24-19(15-7-3-1-4-8-15)12-11-17-18-13-22(25)27-21(18)14-20(17)28-23(26)16-9-5-2-6-10-16/h2,5-6,9-12,15,17-21,24H,1,3-4,7-8,13-14H2/b12-11+/t17?,18?,19-,20?,21?/m0/s1. The Morgan fingerprint density at radius 2 is 1.93 bits per heavy atom. The van der Waals surface area contributed by atoms with Gasteiger partial charge in [-0.2, -0.15) is 0 Å². The van der Waals surface area contributed by atoms with Crippen molar-refractivity contribution in [3.05, 3.63) is 48.0 Å². The lowest BCUT2D eigenvalue weighted by Gasteiger charge is -2.25. The predicted molar refractivity (Wildman–Crippen MR) is 103 cm³/mol. The van der Waals surface area contributed by atoms with E-state index in [2.05, 4.69) is 0 Å². The zero-order chi connectivity index (χ0) is 19.5. The smallest absolute Gasteiger partial charge is 0.338 e. The maximum Gasteiger partial charge on any atom is 0.338 e. The van der Waals surface area contributed by atoms with Gasteiger partial charge in [-0.3, -0.25) is 4.79 Å². The summed E-state index contributed by atoms with van der Waals surface area (Å²) < 4.78 is 11.2. The summed E-state index contributed by atoms with van der Waals surface area (Å²) in [5, 5.41) is 10.6. The molecule has 4 rings (SSSR count). The first-order valence-electron chi connectivity index (χ1n) is 10.4. The second-order valence-electron chi connectivity index (χ2n) is 8.29. The van der Waals surface area contributed by atoms with Crippen molar-refractivity contribution in [3.63, 3.8) is 0 Å². The molecule has 0 bridgehead atoms. The molecule has 0 spiro atoms. The summed E-state index contributed by atoms with van der Waals surface area (Å²) in [5.41, 5.74) is 0.515. The van der Waals surface area contributed by atoms with Gasteiger partial charge in [-0.05, 0) is 30.9 Å². The maximum atomic E-state index is 12.5. The SMILES string of the molecule is O=C1CC2C(CC(OC(=O)c3ccccc3)C2/C=C/[C@H](O)C2CCCCC2)O1. The van der Waals surface area contributed by atoms with Gasteiger partial charge in [0.1, 0.15) is 12.2 Å². The van der Waals surface area contributed by atoms with Crippen LogP contribution in [0.2, 0.25) is 0 Å². The Hall–Kier alpha value is -2.14. The summed E-state index contributed by atoms with van der Waals surface area (Å²) in [4.78, 5) is 24.2. The van der Waals surface area contributed by atoms with E-state index in [0.717, 1.165) is 12.8 Å². The first-order valence-corrected chi connectivity index (χ1v) is 10.4. The number of rotatable bonds is 5. The van der Waals surface area contributed by atoms with Crippen LogP contribution in [0.15, 0.2) is 42.5 Å².